The van der Waals surface area contributed by atoms with Crippen molar-refractivity contribution in [2.24, 2.45) is 22.9 Å². The maximum Gasteiger partial charge on any atom is 0.224 e. The molecule has 0 spiro atoms. The highest BCUT2D eigenvalue weighted by atomic mass is 16.6. The lowest BCUT2D eigenvalue weighted by Crippen LogP contribution is -2.47. The molecule has 4 atom stereocenters. The largest absolute Gasteiger partial charge is 0.390 e. The van der Waals surface area contributed by atoms with Crippen molar-refractivity contribution in [2.75, 3.05) is 0 Å². The number of amides is 1. The molecule has 1 amide bonds. The van der Waals surface area contributed by atoms with Crippen LogP contribution in [0.15, 0.2) is 5.16 Å². The molecule has 1 N–H and O–H groups in total. The van der Waals surface area contributed by atoms with E-state index in [1.165, 1.54) is 0 Å². The maximum absolute atomic E-state index is 11.5. The van der Waals surface area contributed by atoms with E-state index in [1.54, 1.807) is 0 Å². The Morgan fingerprint density at radius 3 is 3.07 bits per heavy atom. The van der Waals surface area contributed by atoms with Gasteiger partial charge in [-0.1, -0.05) is 19.0 Å². The number of nitrogens with zero attached hydrogens (tertiary/aromatic N) is 1. The summed E-state index contributed by atoms with van der Waals surface area (Å²) < 4.78 is 0. The molecule has 14 heavy (non-hydrogen) atoms. The Kier molecular flexibility index (Phi) is 1.47. The zero-order valence-corrected chi connectivity index (χ0v) is 8.36. The summed E-state index contributed by atoms with van der Waals surface area (Å²) in [6, 6.07) is 0.206. The van der Waals surface area contributed by atoms with Crippen LogP contribution in [0.3, 0.4) is 0 Å². The van der Waals surface area contributed by atoms with Gasteiger partial charge in [-0.2, -0.15) is 0 Å². The molecule has 2 aliphatic heterocycles. The number of rotatable bonds is 1. The second-order valence-corrected chi connectivity index (χ2v) is 4.72. The predicted octanol–water partition coefficient (Wildman–Crippen LogP) is 0.532. The van der Waals surface area contributed by atoms with Crippen molar-refractivity contribution in [3.63, 3.8) is 0 Å². The summed E-state index contributed by atoms with van der Waals surface area (Å²) in [5, 5.41) is 7.07. The summed E-state index contributed by atoms with van der Waals surface area (Å²) in [7, 11) is 0. The summed E-state index contributed by atoms with van der Waals surface area (Å²) in [5.74, 6) is 0.953. The lowest BCUT2D eigenvalue weighted by Gasteiger charge is -2.24. The Hall–Kier alpha value is -1.06. The van der Waals surface area contributed by atoms with Gasteiger partial charge in [0.2, 0.25) is 5.91 Å². The number of piperidine rings is 1. The highest BCUT2D eigenvalue weighted by Gasteiger charge is 2.58. The third-order valence-electron chi connectivity index (χ3n) is 3.57. The van der Waals surface area contributed by atoms with Gasteiger partial charge in [0.15, 0.2) is 6.10 Å². The number of fused-ring (bicyclic) bond motifs is 5. The molecule has 1 aliphatic carbocycles. The number of carbonyl (C=O) groups is 1. The van der Waals surface area contributed by atoms with Gasteiger partial charge in [0.25, 0.3) is 0 Å². The van der Waals surface area contributed by atoms with Crippen LogP contribution in [0.4, 0.5) is 0 Å². The van der Waals surface area contributed by atoms with Gasteiger partial charge in [0.1, 0.15) is 0 Å². The molecule has 2 heterocycles. The van der Waals surface area contributed by atoms with Crippen LogP contribution >= 0.6 is 0 Å². The first kappa shape index (κ1) is 8.26. The first-order chi connectivity index (χ1) is 6.68. The van der Waals surface area contributed by atoms with E-state index in [1.807, 2.05) is 0 Å². The van der Waals surface area contributed by atoms with Gasteiger partial charge in [-0.3, -0.25) is 4.79 Å². The zero-order chi connectivity index (χ0) is 9.87. The third-order valence-corrected chi connectivity index (χ3v) is 3.57. The zero-order valence-electron chi connectivity index (χ0n) is 8.36. The van der Waals surface area contributed by atoms with E-state index in [4.69, 9.17) is 4.84 Å². The summed E-state index contributed by atoms with van der Waals surface area (Å²) in [5.41, 5.74) is 1.08. The van der Waals surface area contributed by atoms with Gasteiger partial charge in [-0.25, -0.2) is 0 Å². The quantitative estimate of drug-likeness (QED) is 0.662. The maximum atomic E-state index is 11.5. The Balaban J connectivity index is 1.93. The van der Waals surface area contributed by atoms with Crippen molar-refractivity contribution in [1.29, 1.82) is 0 Å². The Bertz CT molecular complexity index is 324. The summed E-state index contributed by atoms with van der Waals surface area (Å²) >= 11 is 0. The minimum absolute atomic E-state index is 0.119. The first-order valence-electron chi connectivity index (χ1n) is 5.22. The van der Waals surface area contributed by atoms with Gasteiger partial charge in [-0.05, 0) is 12.3 Å². The average molecular weight is 194 g/mol. The van der Waals surface area contributed by atoms with Crippen LogP contribution in [-0.2, 0) is 9.63 Å². The van der Waals surface area contributed by atoms with Gasteiger partial charge in [0.05, 0.1) is 23.6 Å². The molecule has 4 nitrogen and oxygen atoms in total. The van der Waals surface area contributed by atoms with Crippen LogP contribution in [0.2, 0.25) is 0 Å². The molecule has 2 bridgehead atoms. The number of nitrogens with one attached hydrogen (secondary N) is 1. The second kappa shape index (κ2) is 2.49. The molecule has 0 radical (unpaired) electrons. The van der Waals surface area contributed by atoms with E-state index in [-0.39, 0.29) is 29.9 Å². The SMILES string of the molecule is CC(C)C1=NOC2C3CC(C(=O)N3)C12. The van der Waals surface area contributed by atoms with Crippen LogP contribution in [0, 0.1) is 17.8 Å². The van der Waals surface area contributed by atoms with Gasteiger partial charge in [0, 0.05) is 0 Å². The molecule has 1 saturated carbocycles. The highest BCUT2D eigenvalue weighted by molar-refractivity contribution is 5.97. The Labute approximate surface area is 82.7 Å². The molecule has 1 saturated heterocycles. The van der Waals surface area contributed by atoms with E-state index >= 15 is 0 Å². The topological polar surface area (TPSA) is 50.7 Å². The normalized spacial score (nSPS) is 43.6. The van der Waals surface area contributed by atoms with Crippen molar-refractivity contribution in [2.45, 2.75) is 32.4 Å². The summed E-state index contributed by atoms with van der Waals surface area (Å²) in [4.78, 5) is 16.9. The van der Waals surface area contributed by atoms with Gasteiger partial charge < -0.3 is 10.2 Å². The number of hydrogen-bond acceptors (Lipinski definition) is 3. The van der Waals surface area contributed by atoms with Crippen LogP contribution in [0.5, 0.6) is 0 Å². The second-order valence-electron chi connectivity index (χ2n) is 4.72. The van der Waals surface area contributed by atoms with E-state index in [2.05, 4.69) is 24.3 Å². The molecule has 4 heteroatoms. The fraction of sp³-hybridized carbons (Fsp3) is 0.800. The third kappa shape index (κ3) is 0.837. The standard InChI is InChI=1S/C10H14N2O2/c1-4(2)8-7-5-3-6(11-10(5)13)9(7)14-12-8/h4-7,9H,3H2,1-2H3,(H,11,13). The Morgan fingerprint density at radius 2 is 2.36 bits per heavy atom. The van der Waals surface area contributed by atoms with Crippen molar-refractivity contribution in [3.05, 3.63) is 0 Å². The molecular weight excluding hydrogens is 180 g/mol. The average Bonchev–Trinajstić information content (AvgIpc) is 2.70. The van der Waals surface area contributed by atoms with E-state index in [0.717, 1.165) is 12.1 Å². The van der Waals surface area contributed by atoms with Crippen molar-refractivity contribution in [3.8, 4) is 0 Å². The van der Waals surface area contributed by atoms with Crippen molar-refractivity contribution >= 4 is 11.6 Å². The number of hydrogen-bond donors (Lipinski definition) is 1. The van der Waals surface area contributed by atoms with Crippen LogP contribution in [0.25, 0.3) is 0 Å². The van der Waals surface area contributed by atoms with Crippen LogP contribution in [-0.4, -0.2) is 23.8 Å². The molecule has 0 aromatic rings. The summed E-state index contributed by atoms with van der Waals surface area (Å²) in [6.45, 7) is 4.21. The van der Waals surface area contributed by atoms with Crippen molar-refractivity contribution in [1.82, 2.24) is 5.32 Å². The molecule has 2 fully saturated rings. The predicted molar refractivity (Wildman–Crippen MR) is 50.7 cm³/mol. The molecule has 3 aliphatic rings. The Morgan fingerprint density at radius 1 is 1.57 bits per heavy atom. The van der Waals surface area contributed by atoms with Crippen LogP contribution in [0.1, 0.15) is 20.3 Å². The molecule has 3 rings (SSSR count). The van der Waals surface area contributed by atoms with Crippen LogP contribution < -0.4 is 5.32 Å². The van der Waals surface area contributed by atoms with Crippen molar-refractivity contribution < 1.29 is 9.63 Å². The molecule has 4 unspecified atom stereocenters. The van der Waals surface area contributed by atoms with E-state index in [0.29, 0.717) is 5.92 Å². The smallest absolute Gasteiger partial charge is 0.224 e. The number of oxime groups is 1. The molecule has 76 valence electrons. The monoisotopic (exact) mass is 194 g/mol. The minimum Gasteiger partial charge on any atom is -0.390 e. The highest BCUT2D eigenvalue weighted by Crippen LogP contribution is 2.44. The molecule has 0 aromatic carbocycles. The van der Waals surface area contributed by atoms with E-state index in [9.17, 15) is 4.79 Å². The fourth-order valence-electron chi connectivity index (χ4n) is 2.92. The lowest BCUT2D eigenvalue weighted by molar-refractivity contribution is -0.126. The number of carbonyl (C=O) groups excluding carboxylic acids is 1. The van der Waals surface area contributed by atoms with E-state index < -0.39 is 0 Å². The summed E-state index contributed by atoms with van der Waals surface area (Å²) in [6.07, 6.45) is 1.05. The van der Waals surface area contributed by atoms with Gasteiger partial charge >= 0.3 is 0 Å². The molecular formula is C10H14N2O2. The lowest BCUT2D eigenvalue weighted by atomic mass is 9.84. The first-order valence-corrected chi connectivity index (χ1v) is 5.22. The van der Waals surface area contributed by atoms with Gasteiger partial charge in [-0.15, -0.1) is 0 Å². The molecule has 0 aromatic heterocycles. The fourth-order valence-corrected chi connectivity index (χ4v) is 2.92. The minimum atomic E-state index is 0.119.